The van der Waals surface area contributed by atoms with Gasteiger partial charge in [0.1, 0.15) is 0 Å². The van der Waals surface area contributed by atoms with Crippen molar-refractivity contribution < 1.29 is 14.3 Å². The van der Waals surface area contributed by atoms with Crippen molar-refractivity contribution >= 4 is 11.8 Å². The van der Waals surface area contributed by atoms with Gasteiger partial charge in [-0.1, -0.05) is 43.2 Å². The minimum Gasteiger partial charge on any atom is -0.381 e. The third kappa shape index (κ3) is 3.88. The van der Waals surface area contributed by atoms with E-state index in [0.29, 0.717) is 25.6 Å². The molecule has 1 saturated carbocycles. The second-order valence-corrected chi connectivity index (χ2v) is 8.36. The topological polar surface area (TPSA) is 58.6 Å². The summed E-state index contributed by atoms with van der Waals surface area (Å²) in [4.78, 5) is 27.2. The van der Waals surface area contributed by atoms with E-state index in [1.165, 1.54) is 18.4 Å². The molecule has 1 aromatic carbocycles. The minimum absolute atomic E-state index is 0.0330. The first-order chi connectivity index (χ1) is 13.2. The maximum absolute atomic E-state index is 12.8. The van der Waals surface area contributed by atoms with Crippen molar-refractivity contribution in [3.8, 4) is 0 Å². The van der Waals surface area contributed by atoms with E-state index in [4.69, 9.17) is 4.74 Å². The van der Waals surface area contributed by atoms with E-state index < -0.39 is 0 Å². The zero-order chi connectivity index (χ0) is 18.7. The van der Waals surface area contributed by atoms with Gasteiger partial charge in [-0.3, -0.25) is 9.59 Å². The van der Waals surface area contributed by atoms with Crippen molar-refractivity contribution in [2.24, 2.45) is 5.92 Å². The molecule has 1 aliphatic carbocycles. The van der Waals surface area contributed by atoms with Gasteiger partial charge in [-0.15, -0.1) is 0 Å². The van der Waals surface area contributed by atoms with Crippen molar-refractivity contribution in [2.45, 2.75) is 56.4 Å². The van der Waals surface area contributed by atoms with Crippen LogP contribution < -0.4 is 5.32 Å². The highest BCUT2D eigenvalue weighted by Gasteiger charge is 2.40. The molecule has 3 aliphatic rings. The molecule has 3 fully saturated rings. The van der Waals surface area contributed by atoms with Gasteiger partial charge in [-0.2, -0.15) is 0 Å². The molecule has 146 valence electrons. The Morgan fingerprint density at radius 2 is 1.85 bits per heavy atom. The molecular formula is C22H30N2O3. The molecule has 5 nitrogen and oxygen atoms in total. The Labute approximate surface area is 161 Å². The molecule has 1 N–H and O–H groups in total. The van der Waals surface area contributed by atoms with E-state index in [0.717, 1.165) is 38.9 Å². The lowest BCUT2D eigenvalue weighted by molar-refractivity contribution is -0.130. The van der Waals surface area contributed by atoms with Crippen LogP contribution in [-0.4, -0.2) is 49.1 Å². The van der Waals surface area contributed by atoms with Gasteiger partial charge >= 0.3 is 0 Å². The van der Waals surface area contributed by atoms with Crippen LogP contribution in [0, 0.1) is 5.92 Å². The third-order valence-corrected chi connectivity index (χ3v) is 6.73. The lowest BCUT2D eigenvalue weighted by Gasteiger charge is -2.38. The normalized spacial score (nSPS) is 25.7. The Kier molecular flexibility index (Phi) is 5.48. The van der Waals surface area contributed by atoms with Crippen LogP contribution in [0.5, 0.6) is 0 Å². The van der Waals surface area contributed by atoms with Crippen molar-refractivity contribution in [1.29, 1.82) is 0 Å². The molecule has 0 radical (unpaired) electrons. The largest absolute Gasteiger partial charge is 0.381 e. The standard InChI is InChI=1S/C22H30N2O3/c25-20-14-17(15-24(20)19-8-4-5-9-19)21(26)23-16-22(10-12-27-13-11-22)18-6-2-1-3-7-18/h1-3,6-7,17,19H,4-5,8-16H2,(H,23,26). The van der Waals surface area contributed by atoms with Gasteiger partial charge in [-0.25, -0.2) is 0 Å². The summed E-state index contributed by atoms with van der Waals surface area (Å²) in [6.45, 7) is 2.66. The van der Waals surface area contributed by atoms with E-state index in [-0.39, 0.29) is 23.1 Å². The summed E-state index contributed by atoms with van der Waals surface area (Å²) < 4.78 is 5.57. The molecule has 1 atom stereocenters. The molecule has 1 unspecified atom stereocenters. The molecule has 5 heteroatoms. The molecule has 0 bridgehead atoms. The number of ether oxygens (including phenoxy) is 1. The number of benzene rings is 1. The van der Waals surface area contributed by atoms with Gasteiger partial charge in [0.05, 0.1) is 5.92 Å². The van der Waals surface area contributed by atoms with E-state index in [1.807, 2.05) is 11.0 Å². The highest BCUT2D eigenvalue weighted by molar-refractivity contribution is 5.89. The molecule has 0 spiro atoms. The van der Waals surface area contributed by atoms with Crippen LogP contribution in [-0.2, 0) is 19.7 Å². The van der Waals surface area contributed by atoms with Crippen molar-refractivity contribution in [1.82, 2.24) is 10.2 Å². The van der Waals surface area contributed by atoms with Crippen LogP contribution in [0.3, 0.4) is 0 Å². The minimum atomic E-state index is -0.203. The van der Waals surface area contributed by atoms with Gasteiger partial charge in [0.15, 0.2) is 0 Å². The Bertz CT molecular complexity index is 663. The summed E-state index contributed by atoms with van der Waals surface area (Å²) in [5.74, 6) is -0.0118. The molecule has 0 aromatic heterocycles. The number of carbonyl (C=O) groups excluding carboxylic acids is 2. The highest BCUT2D eigenvalue weighted by Crippen LogP contribution is 2.35. The predicted octanol–water partition coefficient (Wildman–Crippen LogP) is 2.64. The molecule has 2 amide bonds. The SMILES string of the molecule is O=C(NCC1(c2ccccc2)CCOCC1)C1CC(=O)N(C2CCCC2)C1. The van der Waals surface area contributed by atoms with Crippen LogP contribution >= 0.6 is 0 Å². The number of rotatable bonds is 5. The van der Waals surface area contributed by atoms with Crippen molar-refractivity contribution in [2.75, 3.05) is 26.3 Å². The Hall–Kier alpha value is -1.88. The van der Waals surface area contributed by atoms with Crippen molar-refractivity contribution in [3.63, 3.8) is 0 Å². The number of likely N-dealkylation sites (tertiary alicyclic amines) is 1. The molecule has 1 aromatic rings. The summed E-state index contributed by atoms with van der Waals surface area (Å²) in [5.41, 5.74) is 1.20. The van der Waals surface area contributed by atoms with E-state index >= 15 is 0 Å². The molecule has 2 aliphatic heterocycles. The highest BCUT2D eigenvalue weighted by atomic mass is 16.5. The van der Waals surface area contributed by atoms with Crippen LogP contribution in [0.4, 0.5) is 0 Å². The summed E-state index contributed by atoms with van der Waals surface area (Å²) in [6.07, 6.45) is 6.78. The number of nitrogens with one attached hydrogen (secondary N) is 1. The van der Waals surface area contributed by atoms with Crippen LogP contribution in [0.2, 0.25) is 0 Å². The number of amides is 2. The lowest BCUT2D eigenvalue weighted by atomic mass is 9.74. The second kappa shape index (κ2) is 8.01. The lowest BCUT2D eigenvalue weighted by Crippen LogP contribution is -2.46. The Morgan fingerprint density at radius 3 is 2.56 bits per heavy atom. The fourth-order valence-corrected chi connectivity index (χ4v) is 5.00. The van der Waals surface area contributed by atoms with Crippen LogP contribution in [0.25, 0.3) is 0 Å². The number of hydrogen-bond donors (Lipinski definition) is 1. The molecule has 4 rings (SSSR count). The zero-order valence-electron chi connectivity index (χ0n) is 16.0. The van der Waals surface area contributed by atoms with E-state index in [9.17, 15) is 9.59 Å². The summed E-state index contributed by atoms with van der Waals surface area (Å²) in [7, 11) is 0. The van der Waals surface area contributed by atoms with Gasteiger partial charge in [0.2, 0.25) is 11.8 Å². The third-order valence-electron chi connectivity index (χ3n) is 6.73. The first-order valence-electron chi connectivity index (χ1n) is 10.4. The number of hydrogen-bond acceptors (Lipinski definition) is 3. The first kappa shape index (κ1) is 18.5. The predicted molar refractivity (Wildman–Crippen MR) is 103 cm³/mol. The molecule has 2 saturated heterocycles. The molecule has 27 heavy (non-hydrogen) atoms. The maximum Gasteiger partial charge on any atom is 0.225 e. The van der Waals surface area contributed by atoms with Gasteiger partial charge in [-0.05, 0) is 31.2 Å². The summed E-state index contributed by atoms with van der Waals surface area (Å²) in [6, 6.07) is 10.8. The fourth-order valence-electron chi connectivity index (χ4n) is 5.00. The van der Waals surface area contributed by atoms with Gasteiger partial charge in [0.25, 0.3) is 0 Å². The average molecular weight is 370 g/mol. The summed E-state index contributed by atoms with van der Waals surface area (Å²) in [5, 5.41) is 3.19. The van der Waals surface area contributed by atoms with E-state index in [2.05, 4.69) is 29.6 Å². The van der Waals surface area contributed by atoms with Gasteiger partial charge < -0.3 is 15.0 Å². The average Bonchev–Trinajstić information content (AvgIpc) is 3.37. The monoisotopic (exact) mass is 370 g/mol. The zero-order valence-corrected chi connectivity index (χ0v) is 16.0. The van der Waals surface area contributed by atoms with Crippen LogP contribution in [0.1, 0.15) is 50.5 Å². The second-order valence-electron chi connectivity index (χ2n) is 8.36. The molecular weight excluding hydrogens is 340 g/mol. The number of carbonyl (C=O) groups is 2. The maximum atomic E-state index is 12.8. The van der Waals surface area contributed by atoms with Gasteiger partial charge in [0, 0.05) is 44.2 Å². The van der Waals surface area contributed by atoms with Crippen LogP contribution in [0.15, 0.2) is 30.3 Å². The Balaban J connectivity index is 1.39. The van der Waals surface area contributed by atoms with E-state index in [1.54, 1.807) is 0 Å². The van der Waals surface area contributed by atoms with Crippen molar-refractivity contribution in [3.05, 3.63) is 35.9 Å². The number of nitrogens with zero attached hydrogens (tertiary/aromatic N) is 1. The summed E-state index contributed by atoms with van der Waals surface area (Å²) >= 11 is 0. The fraction of sp³-hybridized carbons (Fsp3) is 0.636. The Morgan fingerprint density at radius 1 is 1.15 bits per heavy atom. The smallest absolute Gasteiger partial charge is 0.225 e. The molecule has 2 heterocycles. The first-order valence-corrected chi connectivity index (χ1v) is 10.4. The quantitative estimate of drug-likeness (QED) is 0.867.